The Hall–Kier alpha value is -0.555. The molecule has 0 N–H and O–H groups in total. The molecule has 0 aromatic heterocycles. The van der Waals surface area contributed by atoms with E-state index in [0.717, 1.165) is 0 Å². The van der Waals surface area contributed by atoms with E-state index in [1.54, 1.807) is 18.2 Å². The summed E-state index contributed by atoms with van der Waals surface area (Å²) in [6.45, 7) is 7.84. The fourth-order valence-corrected chi connectivity index (χ4v) is 3.13. The normalized spacial score (nSPS) is 20.8. The van der Waals surface area contributed by atoms with Crippen molar-refractivity contribution in [3.05, 3.63) is 28.8 Å². The van der Waals surface area contributed by atoms with Crippen molar-refractivity contribution >= 4 is 34.0 Å². The molecule has 0 atom stereocenters. The average Bonchev–Trinajstić information content (AvgIpc) is 2.49. The molecule has 1 aliphatic rings. The molecule has 0 unspecified atom stereocenters. The van der Waals surface area contributed by atoms with Gasteiger partial charge in [-0.1, -0.05) is 23.7 Å². The van der Waals surface area contributed by atoms with Crippen LogP contribution >= 0.6 is 11.6 Å². The number of rotatable bonds is 3. The average molecular weight is 331 g/mol. The number of hydrogen-bond donors (Lipinski definition) is 0. The van der Waals surface area contributed by atoms with E-state index >= 15 is 0 Å². The number of halogens is 1. The Labute approximate surface area is 131 Å². The second kappa shape index (κ2) is 5.27. The molecule has 0 saturated carbocycles. The summed E-state index contributed by atoms with van der Waals surface area (Å²) in [6, 6.07) is 5.13. The van der Waals surface area contributed by atoms with E-state index in [4.69, 9.17) is 20.9 Å². The van der Waals surface area contributed by atoms with E-state index in [9.17, 15) is 8.42 Å². The Balaban J connectivity index is 2.35. The van der Waals surface area contributed by atoms with E-state index in [-0.39, 0.29) is 5.75 Å². The summed E-state index contributed by atoms with van der Waals surface area (Å²) in [5, 5.41) is 0.505. The smallest absolute Gasteiger partial charge is 0.399 e. The van der Waals surface area contributed by atoms with Crippen LogP contribution in [0.2, 0.25) is 5.02 Å². The molecule has 0 amide bonds. The van der Waals surface area contributed by atoms with Crippen LogP contribution in [0.3, 0.4) is 0 Å². The first kappa shape index (κ1) is 16.8. The van der Waals surface area contributed by atoms with E-state index in [2.05, 4.69) is 0 Å². The zero-order valence-electron chi connectivity index (χ0n) is 12.9. The van der Waals surface area contributed by atoms with Gasteiger partial charge in [0, 0.05) is 16.7 Å². The molecule has 1 aliphatic heterocycles. The van der Waals surface area contributed by atoms with E-state index in [1.807, 2.05) is 27.7 Å². The van der Waals surface area contributed by atoms with Gasteiger partial charge in [-0.2, -0.15) is 0 Å². The van der Waals surface area contributed by atoms with Crippen molar-refractivity contribution in [2.24, 2.45) is 0 Å². The van der Waals surface area contributed by atoms with E-state index in [1.165, 1.54) is 6.26 Å². The van der Waals surface area contributed by atoms with Gasteiger partial charge in [0.2, 0.25) is 0 Å². The third kappa shape index (κ3) is 3.62. The molecule has 1 aromatic rings. The summed E-state index contributed by atoms with van der Waals surface area (Å²) in [4.78, 5) is 0. The summed E-state index contributed by atoms with van der Waals surface area (Å²) in [5.74, 6) is -0.0311. The molecule has 0 aliphatic carbocycles. The van der Waals surface area contributed by atoms with Crippen molar-refractivity contribution in [2.75, 3.05) is 6.26 Å². The first-order chi connectivity index (χ1) is 9.41. The minimum Gasteiger partial charge on any atom is -0.399 e. The summed E-state index contributed by atoms with van der Waals surface area (Å²) >= 11 is 6.22. The van der Waals surface area contributed by atoms with E-state index in [0.29, 0.717) is 16.0 Å². The van der Waals surface area contributed by atoms with Gasteiger partial charge >= 0.3 is 7.12 Å². The van der Waals surface area contributed by atoms with Gasteiger partial charge < -0.3 is 9.31 Å². The molecule has 7 heteroatoms. The Morgan fingerprint density at radius 2 is 1.67 bits per heavy atom. The quantitative estimate of drug-likeness (QED) is 0.797. The molecular weight excluding hydrogens is 310 g/mol. The Bertz CT molecular complexity index is 639. The van der Waals surface area contributed by atoms with Gasteiger partial charge in [-0.05, 0) is 39.3 Å². The molecular formula is C14H20BClO4S. The highest BCUT2D eigenvalue weighted by molar-refractivity contribution is 7.89. The Kier molecular flexibility index (Phi) is 4.21. The van der Waals surface area contributed by atoms with Crippen molar-refractivity contribution < 1.29 is 17.7 Å². The van der Waals surface area contributed by atoms with Crippen LogP contribution in [0.5, 0.6) is 0 Å². The van der Waals surface area contributed by atoms with Crippen LogP contribution < -0.4 is 5.46 Å². The second-order valence-corrected chi connectivity index (χ2v) is 9.06. The molecule has 4 nitrogen and oxygen atoms in total. The molecule has 1 fully saturated rings. The zero-order valence-corrected chi connectivity index (χ0v) is 14.5. The number of sulfone groups is 1. The van der Waals surface area contributed by atoms with Crippen molar-refractivity contribution in [1.82, 2.24) is 0 Å². The Morgan fingerprint density at radius 3 is 2.14 bits per heavy atom. The number of benzene rings is 1. The lowest BCUT2D eigenvalue weighted by molar-refractivity contribution is 0.00578. The van der Waals surface area contributed by atoms with Crippen LogP contribution in [-0.2, 0) is 24.9 Å². The topological polar surface area (TPSA) is 52.6 Å². The fourth-order valence-electron chi connectivity index (χ4n) is 2.14. The maximum atomic E-state index is 11.4. The van der Waals surface area contributed by atoms with Crippen LogP contribution in [0, 0.1) is 0 Å². The largest absolute Gasteiger partial charge is 0.496 e. The zero-order chi connectivity index (χ0) is 16.1. The van der Waals surface area contributed by atoms with Gasteiger partial charge in [0.25, 0.3) is 0 Å². The van der Waals surface area contributed by atoms with Gasteiger partial charge in [-0.3, -0.25) is 0 Å². The standard InChI is InChI=1S/C14H20BClO4S/c1-13(2)14(3,4)20-15(19-13)11-8-10(6-7-12(11)16)9-21(5,17)18/h6-8H,9H2,1-5H3. The van der Waals surface area contributed by atoms with Crippen LogP contribution in [0.25, 0.3) is 0 Å². The lowest BCUT2D eigenvalue weighted by Gasteiger charge is -2.32. The highest BCUT2D eigenvalue weighted by atomic mass is 35.5. The molecule has 1 saturated heterocycles. The summed E-state index contributed by atoms with van der Waals surface area (Å²) in [6.07, 6.45) is 1.20. The highest BCUT2D eigenvalue weighted by Crippen LogP contribution is 2.37. The minimum atomic E-state index is -3.10. The second-order valence-electron chi connectivity index (χ2n) is 6.51. The number of hydrogen-bond acceptors (Lipinski definition) is 4. The molecule has 2 rings (SSSR count). The molecule has 21 heavy (non-hydrogen) atoms. The van der Waals surface area contributed by atoms with Crippen LogP contribution in [0.15, 0.2) is 18.2 Å². The van der Waals surface area contributed by atoms with Gasteiger partial charge in [-0.15, -0.1) is 0 Å². The van der Waals surface area contributed by atoms with Gasteiger partial charge in [0.05, 0.1) is 17.0 Å². The monoisotopic (exact) mass is 330 g/mol. The molecule has 0 spiro atoms. The molecule has 116 valence electrons. The van der Waals surface area contributed by atoms with Gasteiger partial charge in [-0.25, -0.2) is 8.42 Å². The predicted molar refractivity (Wildman–Crippen MR) is 85.7 cm³/mol. The minimum absolute atomic E-state index is 0.0311. The van der Waals surface area contributed by atoms with Crippen molar-refractivity contribution in [2.45, 2.75) is 44.6 Å². The van der Waals surface area contributed by atoms with Gasteiger partial charge in [0.15, 0.2) is 9.84 Å². The fraction of sp³-hybridized carbons (Fsp3) is 0.571. The lowest BCUT2D eigenvalue weighted by atomic mass is 9.78. The summed E-state index contributed by atoms with van der Waals surface area (Å²) in [7, 11) is -3.70. The third-order valence-electron chi connectivity index (χ3n) is 4.00. The predicted octanol–water partition coefficient (Wildman–Crippen LogP) is 2.18. The molecule has 1 heterocycles. The molecule has 0 radical (unpaired) electrons. The Morgan fingerprint density at radius 1 is 1.14 bits per heavy atom. The third-order valence-corrected chi connectivity index (χ3v) is 5.20. The maximum Gasteiger partial charge on any atom is 0.496 e. The highest BCUT2D eigenvalue weighted by Gasteiger charge is 2.52. The first-order valence-electron chi connectivity index (χ1n) is 6.73. The lowest BCUT2D eigenvalue weighted by Crippen LogP contribution is -2.41. The summed E-state index contributed by atoms with van der Waals surface area (Å²) < 4.78 is 34.8. The maximum absolute atomic E-state index is 11.4. The van der Waals surface area contributed by atoms with Crippen molar-refractivity contribution in [3.63, 3.8) is 0 Å². The van der Waals surface area contributed by atoms with E-state index < -0.39 is 28.2 Å². The summed E-state index contributed by atoms with van der Waals surface area (Å²) in [5.41, 5.74) is 0.407. The van der Waals surface area contributed by atoms with Crippen molar-refractivity contribution in [3.8, 4) is 0 Å². The van der Waals surface area contributed by atoms with Crippen molar-refractivity contribution in [1.29, 1.82) is 0 Å². The van der Waals surface area contributed by atoms with Crippen LogP contribution in [-0.4, -0.2) is 33.0 Å². The SMILES string of the molecule is CC1(C)OB(c2cc(CS(C)(=O)=O)ccc2Cl)OC1(C)C. The molecule has 1 aromatic carbocycles. The molecule has 0 bridgehead atoms. The first-order valence-corrected chi connectivity index (χ1v) is 9.17. The van der Waals surface area contributed by atoms with Crippen LogP contribution in [0.4, 0.5) is 0 Å². The van der Waals surface area contributed by atoms with Gasteiger partial charge in [0.1, 0.15) is 0 Å². The van der Waals surface area contributed by atoms with Crippen LogP contribution in [0.1, 0.15) is 33.3 Å².